The lowest BCUT2D eigenvalue weighted by Crippen LogP contribution is -2.52. The van der Waals surface area contributed by atoms with Crippen LogP contribution in [0.1, 0.15) is 32.1 Å². The van der Waals surface area contributed by atoms with E-state index in [1.54, 1.807) is 4.90 Å². The number of hydrogen-bond acceptors (Lipinski definition) is 3. The van der Waals surface area contributed by atoms with Crippen LogP contribution in [0.3, 0.4) is 0 Å². The summed E-state index contributed by atoms with van der Waals surface area (Å²) >= 11 is 0. The minimum Gasteiger partial charge on any atom is -0.481 e. The Kier molecular flexibility index (Phi) is 4.81. The first kappa shape index (κ1) is 14.6. The van der Waals surface area contributed by atoms with Crippen molar-refractivity contribution < 1.29 is 19.5 Å². The van der Waals surface area contributed by atoms with Crippen LogP contribution in [0.5, 0.6) is 0 Å². The van der Waals surface area contributed by atoms with Crippen LogP contribution < -0.4 is 10.6 Å². The van der Waals surface area contributed by atoms with Gasteiger partial charge in [0.15, 0.2) is 0 Å². The van der Waals surface area contributed by atoms with Gasteiger partial charge in [0.1, 0.15) is 0 Å². The lowest BCUT2D eigenvalue weighted by molar-refractivity contribution is -0.137. The molecule has 2 aliphatic heterocycles. The molecule has 20 heavy (non-hydrogen) atoms. The van der Waals surface area contributed by atoms with Crippen molar-refractivity contribution in [3.8, 4) is 0 Å². The number of fused-ring (bicyclic) bond motifs is 1. The largest absolute Gasteiger partial charge is 0.481 e. The van der Waals surface area contributed by atoms with E-state index in [-0.39, 0.29) is 30.3 Å². The van der Waals surface area contributed by atoms with Crippen molar-refractivity contribution in [3.05, 3.63) is 0 Å². The summed E-state index contributed by atoms with van der Waals surface area (Å²) in [5.74, 6) is -0.832. The van der Waals surface area contributed by atoms with Gasteiger partial charge in [-0.05, 0) is 25.7 Å². The Hall–Kier alpha value is -1.79. The van der Waals surface area contributed by atoms with Crippen molar-refractivity contribution >= 4 is 17.9 Å². The number of hydrogen-bond donors (Lipinski definition) is 3. The van der Waals surface area contributed by atoms with Crippen LogP contribution in [0, 0.1) is 5.92 Å². The second kappa shape index (κ2) is 6.58. The Morgan fingerprint density at radius 1 is 1.40 bits per heavy atom. The van der Waals surface area contributed by atoms with Gasteiger partial charge in [-0.2, -0.15) is 0 Å². The summed E-state index contributed by atoms with van der Waals surface area (Å²) < 4.78 is 0. The molecule has 3 amide bonds. The van der Waals surface area contributed by atoms with Crippen LogP contribution in [0.25, 0.3) is 0 Å². The van der Waals surface area contributed by atoms with E-state index < -0.39 is 5.97 Å². The molecular formula is C13H21N3O4. The number of aliphatic carboxylic acids is 1. The fourth-order valence-electron chi connectivity index (χ4n) is 2.90. The molecule has 0 aromatic carbocycles. The zero-order valence-electron chi connectivity index (χ0n) is 11.4. The van der Waals surface area contributed by atoms with Crippen molar-refractivity contribution in [1.82, 2.24) is 15.5 Å². The molecule has 7 heteroatoms. The van der Waals surface area contributed by atoms with E-state index in [4.69, 9.17) is 5.11 Å². The van der Waals surface area contributed by atoms with Crippen molar-refractivity contribution in [3.63, 3.8) is 0 Å². The number of rotatable bonds is 5. The van der Waals surface area contributed by atoms with Gasteiger partial charge in [0.2, 0.25) is 5.91 Å². The number of amides is 3. The van der Waals surface area contributed by atoms with Crippen molar-refractivity contribution in [2.24, 2.45) is 5.92 Å². The molecule has 7 nitrogen and oxygen atoms in total. The average molecular weight is 283 g/mol. The van der Waals surface area contributed by atoms with Gasteiger partial charge in [0, 0.05) is 26.1 Å². The molecule has 2 atom stereocenters. The zero-order chi connectivity index (χ0) is 14.5. The SMILES string of the molecule is O=C(O)CCCCNC(=O)N1CCCC2C(=O)NCC21. The summed E-state index contributed by atoms with van der Waals surface area (Å²) in [6, 6.07) is -0.179. The molecule has 0 radical (unpaired) electrons. The Balaban J connectivity index is 1.74. The minimum absolute atomic E-state index is 0.0322. The molecule has 0 aromatic heterocycles. The van der Waals surface area contributed by atoms with Crippen LogP contribution in [-0.2, 0) is 9.59 Å². The van der Waals surface area contributed by atoms with Crippen molar-refractivity contribution in [2.45, 2.75) is 38.1 Å². The molecule has 0 aliphatic carbocycles. The highest BCUT2D eigenvalue weighted by Gasteiger charge is 2.42. The predicted octanol–water partition coefficient (Wildman–Crippen LogP) is 0.161. The summed E-state index contributed by atoms with van der Waals surface area (Å²) in [7, 11) is 0. The third kappa shape index (κ3) is 3.40. The molecule has 2 fully saturated rings. The molecule has 2 heterocycles. The summed E-state index contributed by atoms with van der Waals surface area (Å²) in [5, 5.41) is 14.1. The van der Waals surface area contributed by atoms with Gasteiger partial charge >= 0.3 is 12.0 Å². The number of urea groups is 1. The molecule has 2 unspecified atom stereocenters. The molecule has 0 aromatic rings. The van der Waals surface area contributed by atoms with Crippen LogP contribution in [0.2, 0.25) is 0 Å². The average Bonchev–Trinajstić information content (AvgIpc) is 2.80. The number of carboxylic acid groups (broad SMARTS) is 1. The molecule has 2 saturated heterocycles. The topological polar surface area (TPSA) is 98.7 Å². The smallest absolute Gasteiger partial charge is 0.317 e. The Bertz CT molecular complexity index is 399. The molecule has 0 bridgehead atoms. The van der Waals surface area contributed by atoms with Crippen LogP contribution >= 0.6 is 0 Å². The number of unbranched alkanes of at least 4 members (excludes halogenated alkanes) is 1. The van der Waals surface area contributed by atoms with Gasteiger partial charge in [0.25, 0.3) is 0 Å². The summed E-state index contributed by atoms with van der Waals surface area (Å²) in [5.41, 5.74) is 0. The lowest BCUT2D eigenvalue weighted by atomic mass is 9.92. The van der Waals surface area contributed by atoms with Gasteiger partial charge in [-0.15, -0.1) is 0 Å². The number of piperidine rings is 1. The number of nitrogens with zero attached hydrogens (tertiary/aromatic N) is 1. The second-order valence-electron chi connectivity index (χ2n) is 5.34. The fourth-order valence-corrected chi connectivity index (χ4v) is 2.90. The van der Waals surface area contributed by atoms with E-state index in [1.165, 1.54) is 0 Å². The third-order valence-electron chi connectivity index (χ3n) is 3.96. The standard InChI is InChI=1S/C13H21N3O4/c17-11(18)5-1-2-6-14-13(20)16-7-3-4-9-10(16)8-15-12(9)19/h9-10H,1-8H2,(H,14,20)(H,15,19)(H,17,18). The lowest BCUT2D eigenvalue weighted by Gasteiger charge is -2.35. The van der Waals surface area contributed by atoms with Gasteiger partial charge in [-0.3, -0.25) is 9.59 Å². The van der Waals surface area contributed by atoms with E-state index in [9.17, 15) is 14.4 Å². The Labute approximate surface area is 117 Å². The molecule has 112 valence electrons. The first-order chi connectivity index (χ1) is 9.59. The number of carbonyl (C=O) groups excluding carboxylic acids is 2. The number of nitrogens with one attached hydrogen (secondary N) is 2. The maximum Gasteiger partial charge on any atom is 0.317 e. The molecule has 0 spiro atoms. The maximum absolute atomic E-state index is 12.1. The molecule has 0 saturated carbocycles. The maximum atomic E-state index is 12.1. The number of carbonyl (C=O) groups is 3. The first-order valence-corrected chi connectivity index (χ1v) is 7.13. The summed E-state index contributed by atoms with van der Waals surface area (Å²) in [6.07, 6.45) is 3.03. The zero-order valence-corrected chi connectivity index (χ0v) is 11.4. The van der Waals surface area contributed by atoms with E-state index >= 15 is 0 Å². The van der Waals surface area contributed by atoms with Gasteiger partial charge < -0.3 is 20.6 Å². The molecule has 2 rings (SSSR count). The minimum atomic E-state index is -0.814. The van der Waals surface area contributed by atoms with E-state index in [1.807, 2.05) is 0 Å². The van der Waals surface area contributed by atoms with Gasteiger partial charge in [0.05, 0.1) is 12.0 Å². The van der Waals surface area contributed by atoms with Crippen LogP contribution in [0.15, 0.2) is 0 Å². The monoisotopic (exact) mass is 283 g/mol. The van der Waals surface area contributed by atoms with Crippen LogP contribution in [0.4, 0.5) is 4.79 Å². The Morgan fingerprint density at radius 3 is 2.95 bits per heavy atom. The number of likely N-dealkylation sites (tertiary alicyclic amines) is 1. The fraction of sp³-hybridized carbons (Fsp3) is 0.769. The van der Waals surface area contributed by atoms with Gasteiger partial charge in [-0.25, -0.2) is 4.79 Å². The highest BCUT2D eigenvalue weighted by atomic mass is 16.4. The second-order valence-corrected chi connectivity index (χ2v) is 5.34. The first-order valence-electron chi connectivity index (χ1n) is 7.13. The molecule has 2 aliphatic rings. The van der Waals surface area contributed by atoms with Crippen molar-refractivity contribution in [1.29, 1.82) is 0 Å². The Morgan fingerprint density at radius 2 is 2.20 bits per heavy atom. The quantitative estimate of drug-likeness (QED) is 0.626. The normalized spacial score (nSPS) is 25.0. The van der Waals surface area contributed by atoms with E-state index in [0.717, 1.165) is 12.8 Å². The van der Waals surface area contributed by atoms with Crippen molar-refractivity contribution in [2.75, 3.05) is 19.6 Å². The number of carboxylic acids is 1. The molecule has 3 N–H and O–H groups in total. The predicted molar refractivity (Wildman–Crippen MR) is 71.1 cm³/mol. The van der Waals surface area contributed by atoms with Gasteiger partial charge in [-0.1, -0.05) is 0 Å². The summed E-state index contributed by atoms with van der Waals surface area (Å²) in [6.45, 7) is 1.69. The highest BCUT2D eigenvalue weighted by molar-refractivity contribution is 5.84. The van der Waals surface area contributed by atoms with Crippen LogP contribution in [-0.4, -0.2) is 53.6 Å². The molecular weight excluding hydrogens is 262 g/mol. The summed E-state index contributed by atoms with van der Waals surface area (Å²) in [4.78, 5) is 35.8. The highest BCUT2D eigenvalue weighted by Crippen LogP contribution is 2.27. The van der Waals surface area contributed by atoms with E-state index in [2.05, 4.69) is 10.6 Å². The van der Waals surface area contributed by atoms with E-state index in [0.29, 0.717) is 32.5 Å². The third-order valence-corrected chi connectivity index (χ3v) is 3.96.